The number of benzene rings is 1. The summed E-state index contributed by atoms with van der Waals surface area (Å²) >= 11 is 1.95. The van der Waals surface area contributed by atoms with Crippen LogP contribution in [0.15, 0.2) is 30.5 Å². The number of para-hydroxylation sites is 1. The number of nitrogens with zero attached hydrogens (tertiary/aromatic N) is 1. The minimum atomic E-state index is 0.113. The summed E-state index contributed by atoms with van der Waals surface area (Å²) in [4.78, 5) is 0. The van der Waals surface area contributed by atoms with Gasteiger partial charge in [-0.25, -0.2) is 0 Å². The highest BCUT2D eigenvalue weighted by atomic mass is 32.2. The molecule has 0 spiro atoms. The van der Waals surface area contributed by atoms with E-state index < -0.39 is 0 Å². The number of hydrogen-bond donors (Lipinski definition) is 1. The minimum Gasteiger partial charge on any atom is -0.392 e. The third-order valence-electron chi connectivity index (χ3n) is 2.72. The van der Waals surface area contributed by atoms with E-state index in [4.69, 9.17) is 0 Å². The fourth-order valence-corrected chi connectivity index (χ4v) is 2.58. The van der Waals surface area contributed by atoms with Crippen LogP contribution in [0.4, 0.5) is 0 Å². The smallest absolute Gasteiger partial charge is 0.0702 e. The van der Waals surface area contributed by atoms with Gasteiger partial charge in [0.05, 0.1) is 12.1 Å². The summed E-state index contributed by atoms with van der Waals surface area (Å²) in [7, 11) is 0. The first kappa shape index (κ1) is 11.6. The van der Waals surface area contributed by atoms with Crippen LogP contribution in [-0.2, 0) is 13.2 Å². The molecule has 0 amide bonds. The van der Waals surface area contributed by atoms with E-state index in [1.807, 2.05) is 23.9 Å². The van der Waals surface area contributed by atoms with Crippen molar-refractivity contribution in [2.24, 2.45) is 0 Å². The predicted octanol–water partition coefficient (Wildman–Crippen LogP) is 2.89. The molecule has 86 valence electrons. The highest BCUT2D eigenvalue weighted by Crippen LogP contribution is 2.20. The second-order valence-corrected chi connectivity index (χ2v) is 5.11. The molecule has 2 rings (SSSR count). The maximum absolute atomic E-state index is 9.33. The number of rotatable bonds is 5. The van der Waals surface area contributed by atoms with Crippen LogP contribution in [0.5, 0.6) is 0 Å². The lowest BCUT2D eigenvalue weighted by molar-refractivity contribution is 0.283. The molecular weight excluding hydrogens is 218 g/mol. The molecule has 1 aromatic carbocycles. The van der Waals surface area contributed by atoms with Gasteiger partial charge in [-0.05, 0) is 17.2 Å². The average molecular weight is 235 g/mol. The number of thioether (sulfide) groups is 1. The van der Waals surface area contributed by atoms with Gasteiger partial charge in [0.2, 0.25) is 0 Å². The van der Waals surface area contributed by atoms with Gasteiger partial charge in [-0.2, -0.15) is 11.8 Å². The zero-order valence-electron chi connectivity index (χ0n) is 9.52. The summed E-state index contributed by atoms with van der Waals surface area (Å²) < 4.78 is 2.24. The standard InChI is InChI=1S/C13H17NOS/c1-2-16-9-8-14-7-6-11-4-3-5-12(10-15)13(11)14/h3-7,15H,2,8-10H2,1H3. The third kappa shape index (κ3) is 2.25. The van der Waals surface area contributed by atoms with E-state index in [1.165, 1.54) is 10.9 Å². The van der Waals surface area contributed by atoms with Crippen molar-refractivity contribution in [3.8, 4) is 0 Å². The highest BCUT2D eigenvalue weighted by Gasteiger charge is 2.05. The summed E-state index contributed by atoms with van der Waals surface area (Å²) in [5.74, 6) is 2.28. The molecule has 0 unspecified atom stereocenters. The molecule has 0 saturated heterocycles. The van der Waals surface area contributed by atoms with Crippen molar-refractivity contribution in [2.75, 3.05) is 11.5 Å². The van der Waals surface area contributed by atoms with Gasteiger partial charge in [0.25, 0.3) is 0 Å². The molecule has 2 aromatic rings. The lowest BCUT2D eigenvalue weighted by atomic mass is 10.1. The third-order valence-corrected chi connectivity index (χ3v) is 3.60. The molecule has 3 heteroatoms. The number of fused-ring (bicyclic) bond motifs is 1. The van der Waals surface area contributed by atoms with Crippen LogP contribution >= 0.6 is 11.8 Å². The van der Waals surface area contributed by atoms with Crippen LogP contribution in [0.25, 0.3) is 10.9 Å². The summed E-state index contributed by atoms with van der Waals surface area (Å²) in [5, 5.41) is 10.5. The van der Waals surface area contributed by atoms with Crippen molar-refractivity contribution >= 4 is 22.7 Å². The van der Waals surface area contributed by atoms with Crippen LogP contribution in [0.3, 0.4) is 0 Å². The van der Waals surface area contributed by atoms with Gasteiger partial charge in [-0.1, -0.05) is 25.1 Å². The normalized spacial score (nSPS) is 11.1. The van der Waals surface area contributed by atoms with E-state index in [2.05, 4.69) is 29.8 Å². The number of aliphatic hydroxyl groups excluding tert-OH is 1. The molecule has 16 heavy (non-hydrogen) atoms. The summed E-state index contributed by atoms with van der Waals surface area (Å²) in [6.07, 6.45) is 2.11. The maximum Gasteiger partial charge on any atom is 0.0702 e. The Kier molecular flexibility index (Phi) is 3.91. The Labute approximate surface area is 100 Å². The lowest BCUT2D eigenvalue weighted by Gasteiger charge is -2.07. The van der Waals surface area contributed by atoms with Crippen LogP contribution in [0.2, 0.25) is 0 Å². The van der Waals surface area contributed by atoms with E-state index in [-0.39, 0.29) is 6.61 Å². The van der Waals surface area contributed by atoms with Crippen LogP contribution in [0, 0.1) is 0 Å². The zero-order chi connectivity index (χ0) is 11.4. The number of aromatic nitrogens is 1. The Morgan fingerprint density at radius 3 is 2.94 bits per heavy atom. The average Bonchev–Trinajstić information content (AvgIpc) is 2.73. The molecule has 1 heterocycles. The molecular formula is C13H17NOS. The molecule has 1 N–H and O–H groups in total. The van der Waals surface area contributed by atoms with Crippen molar-refractivity contribution in [1.82, 2.24) is 4.57 Å². The fourth-order valence-electron chi connectivity index (χ4n) is 1.96. The SMILES string of the molecule is CCSCCn1ccc2cccc(CO)c21. The maximum atomic E-state index is 9.33. The van der Waals surface area contributed by atoms with Crippen LogP contribution in [-0.4, -0.2) is 21.2 Å². The van der Waals surface area contributed by atoms with Gasteiger partial charge >= 0.3 is 0 Å². The van der Waals surface area contributed by atoms with Crippen molar-refractivity contribution in [3.63, 3.8) is 0 Å². The number of aliphatic hydroxyl groups is 1. The Morgan fingerprint density at radius 2 is 2.19 bits per heavy atom. The summed E-state index contributed by atoms with van der Waals surface area (Å²) in [6.45, 7) is 3.30. The molecule has 0 aliphatic carbocycles. The van der Waals surface area contributed by atoms with Crippen molar-refractivity contribution in [3.05, 3.63) is 36.0 Å². The molecule has 0 aliphatic heterocycles. The Bertz CT molecular complexity index is 464. The molecule has 2 nitrogen and oxygen atoms in total. The minimum absolute atomic E-state index is 0.113. The lowest BCUT2D eigenvalue weighted by Crippen LogP contribution is -2.01. The number of aryl methyl sites for hydroxylation is 1. The Morgan fingerprint density at radius 1 is 1.31 bits per heavy atom. The van der Waals surface area contributed by atoms with Crippen molar-refractivity contribution in [1.29, 1.82) is 0 Å². The monoisotopic (exact) mass is 235 g/mol. The predicted molar refractivity (Wildman–Crippen MR) is 70.9 cm³/mol. The second-order valence-electron chi connectivity index (χ2n) is 3.72. The second kappa shape index (κ2) is 5.41. The molecule has 1 aromatic heterocycles. The first-order valence-electron chi connectivity index (χ1n) is 5.62. The molecule has 0 fully saturated rings. The molecule has 0 atom stereocenters. The van der Waals surface area contributed by atoms with E-state index >= 15 is 0 Å². The van der Waals surface area contributed by atoms with Crippen LogP contribution in [0.1, 0.15) is 12.5 Å². The number of hydrogen-bond acceptors (Lipinski definition) is 2. The largest absolute Gasteiger partial charge is 0.392 e. The van der Waals surface area contributed by atoms with E-state index in [1.54, 1.807) is 0 Å². The first-order valence-corrected chi connectivity index (χ1v) is 6.77. The Hall–Kier alpha value is -0.930. The van der Waals surface area contributed by atoms with Crippen molar-refractivity contribution in [2.45, 2.75) is 20.1 Å². The molecule has 0 bridgehead atoms. The van der Waals surface area contributed by atoms with Gasteiger partial charge in [0.15, 0.2) is 0 Å². The fraction of sp³-hybridized carbons (Fsp3) is 0.385. The van der Waals surface area contributed by atoms with E-state index in [0.29, 0.717) is 0 Å². The summed E-state index contributed by atoms with van der Waals surface area (Å²) in [5.41, 5.74) is 2.20. The van der Waals surface area contributed by atoms with E-state index in [0.717, 1.165) is 23.6 Å². The van der Waals surface area contributed by atoms with Gasteiger partial charge in [-0.3, -0.25) is 0 Å². The van der Waals surface area contributed by atoms with Crippen molar-refractivity contribution < 1.29 is 5.11 Å². The van der Waals surface area contributed by atoms with Crippen LogP contribution < -0.4 is 0 Å². The Balaban J connectivity index is 2.30. The van der Waals surface area contributed by atoms with Gasteiger partial charge in [-0.15, -0.1) is 0 Å². The molecule has 0 saturated carbocycles. The van der Waals surface area contributed by atoms with Gasteiger partial charge in [0.1, 0.15) is 0 Å². The quantitative estimate of drug-likeness (QED) is 0.806. The summed E-state index contributed by atoms with van der Waals surface area (Å²) in [6, 6.07) is 8.20. The molecule has 0 aliphatic rings. The first-order chi connectivity index (χ1) is 7.86. The zero-order valence-corrected chi connectivity index (χ0v) is 10.3. The highest BCUT2D eigenvalue weighted by molar-refractivity contribution is 7.99. The molecule has 0 radical (unpaired) electrons. The van der Waals surface area contributed by atoms with E-state index in [9.17, 15) is 5.11 Å². The van der Waals surface area contributed by atoms with Gasteiger partial charge in [0, 0.05) is 24.1 Å². The van der Waals surface area contributed by atoms with Gasteiger partial charge < -0.3 is 9.67 Å². The topological polar surface area (TPSA) is 25.2 Å².